The summed E-state index contributed by atoms with van der Waals surface area (Å²) in [5.74, 6) is 10.4. The van der Waals surface area contributed by atoms with E-state index in [9.17, 15) is 29.7 Å². The molecule has 0 radical (unpaired) electrons. The Labute approximate surface area is 643 Å². The number of halogens is 4. The van der Waals surface area contributed by atoms with E-state index in [2.05, 4.69) is 77.9 Å². The summed E-state index contributed by atoms with van der Waals surface area (Å²) >= 11 is 21.5. The van der Waals surface area contributed by atoms with Crippen molar-refractivity contribution in [2.24, 2.45) is 121 Å². The summed E-state index contributed by atoms with van der Waals surface area (Å²) in [6.07, 6.45) is 36.8. The monoisotopic (exact) mass is 1540 g/mol. The van der Waals surface area contributed by atoms with Gasteiger partial charge in [-0.2, -0.15) is 15.3 Å². The number of benzene rings is 3. The Bertz CT molecular complexity index is 4160. The fourth-order valence-corrected chi connectivity index (χ4v) is 28.6. The summed E-state index contributed by atoms with van der Waals surface area (Å²) in [7, 11) is 0. The Morgan fingerprint density at radius 1 is 0.462 bits per heavy atom. The van der Waals surface area contributed by atoms with Crippen LogP contribution in [0.1, 0.15) is 243 Å². The van der Waals surface area contributed by atoms with Crippen LogP contribution in [0.5, 0.6) is 0 Å². The maximum atomic E-state index is 13.7. The van der Waals surface area contributed by atoms with Crippen molar-refractivity contribution in [2.75, 3.05) is 5.33 Å². The lowest BCUT2D eigenvalue weighted by Gasteiger charge is -2.61. The minimum atomic E-state index is -0.480. The van der Waals surface area contributed by atoms with Gasteiger partial charge in [-0.1, -0.05) is 99.7 Å². The molecule has 0 unspecified atom stereocenters. The molecule has 12 nitrogen and oxygen atoms in total. The average molecular weight is 1550 g/mol. The van der Waals surface area contributed by atoms with Crippen molar-refractivity contribution in [1.82, 2.24) is 29.8 Å². The highest BCUT2D eigenvalue weighted by atomic mass is 79.9. The van der Waals surface area contributed by atoms with Gasteiger partial charge in [0, 0.05) is 55.2 Å². The van der Waals surface area contributed by atoms with Crippen molar-refractivity contribution in [3.05, 3.63) is 88.3 Å². The van der Waals surface area contributed by atoms with Gasteiger partial charge in [0.15, 0.2) is 11.6 Å². The van der Waals surface area contributed by atoms with Crippen molar-refractivity contribution in [3.8, 4) is 0 Å². The minimum Gasteiger partial charge on any atom is -0.390 e. The first kappa shape index (κ1) is 77.1. The molecule has 0 amide bonds. The van der Waals surface area contributed by atoms with Crippen LogP contribution in [-0.4, -0.2) is 84.6 Å². The molecule has 12 saturated carbocycles. The summed E-state index contributed by atoms with van der Waals surface area (Å²) in [5, 5.41) is 53.7. The Kier molecular flexibility index (Phi) is 21.2. The zero-order valence-electron chi connectivity index (χ0n) is 63.1. The van der Waals surface area contributed by atoms with E-state index in [0.29, 0.717) is 91.6 Å². The molecule has 0 bridgehead atoms. The largest absolute Gasteiger partial charge is 0.390 e. The van der Waals surface area contributed by atoms with E-state index in [-0.39, 0.29) is 41.4 Å². The number of H-pyrrole nitrogens is 1. The number of nitrogens with one attached hydrogen (secondary N) is 1. The SMILES string of the molecule is C.C[C@@]1(O)CC[C@@]2(C)[C@@H](CC[C@@H]3[C@@H]2CC[C@]2(C)[C@@H](C(=O)CBr)CC[C@@H]32)C1.C[C@@]1(O)CC[C@@]2(C)[C@@H](CC[C@@H]3[C@@H]2CC[C@]2(C)[C@@H](C(=O)Cn4cc5ccc(Cl)cc5n4)CC[C@@H]32)C1.C[C@@]1(O)CC[C@@]2(C)[C@@H](CC[C@@H]3[C@@H]2CC[C@]2(C)[C@@H](C(=O)Cn4ncc5ccc(Cl)cc54)CC[C@@H]32)C1.Clc1ccc2cn[nH]c2c1. The lowest BCUT2D eigenvalue weighted by atomic mass is 9.44. The maximum absolute atomic E-state index is 13.7. The fraction of sp³-hybridized carbons (Fsp3) is 0.727. The smallest absolute Gasteiger partial charge is 0.157 e. The summed E-state index contributed by atoms with van der Waals surface area (Å²) in [6.45, 7) is 21.8. The van der Waals surface area contributed by atoms with Gasteiger partial charge in [0.25, 0.3) is 0 Å². The molecular weight excluding hydrogens is 1420 g/mol. The number of carbonyl (C=O) groups is 3. The standard InChI is InChI=1S/2C29H39ClN2O2.C22H35BrO2.C7H5ClN2.CH4/c1-27(34)12-13-28(2)19(15-27)5-7-21-22-8-9-24(29(22,3)11-10-23(21)28)26(33)17-32-16-18-4-6-20(30)14-25(18)31-32;1-27(34)12-13-28(2)19(15-27)5-7-21-22-8-9-24(29(22,3)11-10-23(21)28)26(33)17-32-25-14-20(30)6-4-18(25)16-31-32;1-20(25)10-11-21(2)14(12-20)4-5-15-16-6-7-18(19(24)13-23)22(16,3)9-8-17(15)21;8-6-2-1-5-4-9-10-7(5)3-6;/h2*4,6,14,16,19,21-24,34H,5,7-13,15,17H2,1-3H3;14-18,25H,4-13H2,1-3H3;1-4H,(H,9,10);1H4/t2*19-,21-,22-,23-,24+,27+,28-,29-;14-,15-,16-,17-,18+,20+,21-,22-;;/m000../s1. The van der Waals surface area contributed by atoms with Gasteiger partial charge in [-0.15, -0.1) is 0 Å². The van der Waals surface area contributed by atoms with Crippen molar-refractivity contribution >= 4 is 101 Å². The van der Waals surface area contributed by atoms with Gasteiger partial charge < -0.3 is 15.3 Å². The molecule has 0 aliphatic heterocycles. The number of aromatic amines is 1. The number of rotatable bonds is 8. The molecular formula is C88H122BrCl3N6O6. The number of aliphatic hydroxyl groups is 3. The number of carbonyl (C=O) groups excluding carboxylic acids is 3. The zero-order valence-corrected chi connectivity index (χ0v) is 67.0. The van der Waals surface area contributed by atoms with E-state index in [0.717, 1.165) is 150 Å². The number of alkyl halides is 1. The van der Waals surface area contributed by atoms with Gasteiger partial charge >= 0.3 is 0 Å². The van der Waals surface area contributed by atoms with Gasteiger partial charge in [0.2, 0.25) is 0 Å². The number of fused-ring (bicyclic) bond motifs is 18. The van der Waals surface area contributed by atoms with Crippen LogP contribution in [-0.2, 0) is 27.5 Å². The second kappa shape index (κ2) is 28.6. The molecule has 3 heterocycles. The molecule has 3 aromatic carbocycles. The first-order chi connectivity index (χ1) is 48.8. The fourth-order valence-electron chi connectivity index (χ4n) is 27.7. The van der Waals surface area contributed by atoms with Crippen LogP contribution < -0.4 is 0 Å². The average Bonchev–Trinajstić information content (AvgIpc) is 1.36. The van der Waals surface area contributed by atoms with Crippen molar-refractivity contribution < 1.29 is 29.7 Å². The molecule has 0 spiro atoms. The molecule has 12 aliphatic carbocycles. The highest BCUT2D eigenvalue weighted by Crippen LogP contribution is 2.72. The van der Waals surface area contributed by atoms with E-state index in [4.69, 9.17) is 34.8 Å². The van der Waals surface area contributed by atoms with Gasteiger partial charge in [-0.05, 0) is 352 Å². The predicted octanol–water partition coefficient (Wildman–Crippen LogP) is 21.6. The lowest BCUT2D eigenvalue weighted by Crippen LogP contribution is -2.55. The number of ketones is 3. The van der Waals surface area contributed by atoms with Crippen molar-refractivity contribution in [1.29, 1.82) is 0 Å². The van der Waals surface area contributed by atoms with Gasteiger partial charge in [0.1, 0.15) is 12.3 Å². The van der Waals surface area contributed by atoms with E-state index in [1.807, 2.05) is 97.1 Å². The van der Waals surface area contributed by atoms with E-state index >= 15 is 0 Å². The van der Waals surface area contributed by atoms with E-state index in [1.165, 1.54) is 103 Å². The van der Waals surface area contributed by atoms with Crippen molar-refractivity contribution in [2.45, 2.75) is 273 Å². The Morgan fingerprint density at radius 3 is 1.33 bits per heavy atom. The van der Waals surface area contributed by atoms with Crippen LogP contribution in [0.4, 0.5) is 0 Å². The molecule has 4 N–H and O–H groups in total. The van der Waals surface area contributed by atoms with Crippen LogP contribution >= 0.6 is 50.7 Å². The Hall–Kier alpha value is -3.69. The number of hydrogen-bond donors (Lipinski definition) is 4. The maximum Gasteiger partial charge on any atom is 0.157 e. The molecule has 24 atom stereocenters. The quantitative estimate of drug-likeness (QED) is 0.108. The number of nitrogens with zero attached hydrogens (tertiary/aromatic N) is 5. The molecule has 6 aromatic rings. The van der Waals surface area contributed by atoms with Crippen LogP contribution in [0.25, 0.3) is 32.7 Å². The van der Waals surface area contributed by atoms with E-state index in [1.54, 1.807) is 6.20 Å². The van der Waals surface area contributed by atoms with Crippen LogP contribution in [0.2, 0.25) is 15.1 Å². The summed E-state index contributed by atoms with van der Waals surface area (Å²) in [6, 6.07) is 17.1. The number of hydrogen-bond acceptors (Lipinski definition) is 9. The molecule has 3 aromatic heterocycles. The highest BCUT2D eigenvalue weighted by molar-refractivity contribution is 9.09. The third kappa shape index (κ3) is 13.7. The van der Waals surface area contributed by atoms with Gasteiger partial charge in [-0.25, -0.2) is 0 Å². The Balaban J connectivity index is 0.000000124. The predicted molar refractivity (Wildman–Crippen MR) is 424 cm³/mol. The highest BCUT2D eigenvalue weighted by Gasteiger charge is 2.65. The topological polar surface area (TPSA) is 176 Å². The first-order valence-corrected chi connectivity index (χ1v) is 42.7. The number of aromatic nitrogens is 6. The summed E-state index contributed by atoms with van der Waals surface area (Å²) in [4.78, 5) is 39.9. The van der Waals surface area contributed by atoms with Gasteiger partial charge in [0.05, 0.1) is 57.6 Å². The zero-order chi connectivity index (χ0) is 72.8. The van der Waals surface area contributed by atoms with Crippen LogP contribution in [0, 0.1) is 121 Å². The number of Topliss-reactive ketones (excluding diaryl/α,β-unsaturated/α-hetero) is 3. The second-order valence-electron chi connectivity index (χ2n) is 38.8. The Morgan fingerprint density at radius 2 is 0.865 bits per heavy atom. The van der Waals surface area contributed by atoms with Crippen LogP contribution in [0.3, 0.4) is 0 Å². The van der Waals surface area contributed by atoms with Gasteiger partial charge in [-0.3, -0.25) is 28.8 Å². The third-order valence-electron chi connectivity index (χ3n) is 33.3. The van der Waals surface area contributed by atoms with Crippen LogP contribution in [0.15, 0.2) is 73.2 Å². The van der Waals surface area contributed by atoms with E-state index < -0.39 is 16.8 Å². The second-order valence-corrected chi connectivity index (χ2v) is 40.6. The molecule has 12 fully saturated rings. The third-order valence-corrected chi connectivity index (χ3v) is 34.6. The molecule has 568 valence electrons. The first-order valence-electron chi connectivity index (χ1n) is 40.4. The molecule has 0 saturated heterocycles. The molecule has 104 heavy (non-hydrogen) atoms. The molecule has 12 aliphatic rings. The summed E-state index contributed by atoms with van der Waals surface area (Å²) in [5.41, 5.74) is 3.01. The minimum absolute atomic E-state index is 0. The lowest BCUT2D eigenvalue weighted by molar-refractivity contribution is -0.151. The summed E-state index contributed by atoms with van der Waals surface area (Å²) < 4.78 is 3.68. The molecule has 16 heteroatoms. The van der Waals surface area contributed by atoms with Crippen molar-refractivity contribution in [3.63, 3.8) is 0 Å². The normalized spacial score (nSPS) is 42.9. The molecule has 18 rings (SSSR count).